The van der Waals surface area contributed by atoms with Crippen LogP contribution in [0.15, 0.2) is 0 Å². The van der Waals surface area contributed by atoms with Crippen LogP contribution in [0.2, 0.25) is 0 Å². The van der Waals surface area contributed by atoms with Crippen molar-refractivity contribution >= 4 is 5.97 Å². The third kappa shape index (κ3) is 7.33. The lowest BCUT2D eigenvalue weighted by molar-refractivity contribution is -0.138. The number of carboxylic acid groups (broad SMARTS) is 1. The highest BCUT2D eigenvalue weighted by Gasteiger charge is 2.12. The maximum Gasteiger partial charge on any atom is 0.320 e. The summed E-state index contributed by atoms with van der Waals surface area (Å²) in [7, 11) is 0. The molecule has 3 atom stereocenters. The van der Waals surface area contributed by atoms with E-state index in [0.29, 0.717) is 12.3 Å². The minimum atomic E-state index is -0.925. The zero-order valence-corrected chi connectivity index (χ0v) is 9.78. The van der Waals surface area contributed by atoms with Gasteiger partial charge in [-0.15, -0.1) is 0 Å². The smallest absolute Gasteiger partial charge is 0.320 e. The molecule has 0 saturated carbocycles. The molecule has 4 heteroatoms. The summed E-state index contributed by atoms with van der Waals surface area (Å²) in [5.41, 5.74) is 11.3. The molecular weight excluding hydrogens is 192 g/mol. The molecule has 5 N–H and O–H groups in total. The van der Waals surface area contributed by atoms with Gasteiger partial charge in [0, 0.05) is 6.04 Å². The van der Waals surface area contributed by atoms with Gasteiger partial charge in [0.15, 0.2) is 0 Å². The van der Waals surface area contributed by atoms with Crippen LogP contribution in [0, 0.1) is 5.92 Å². The highest BCUT2D eigenvalue weighted by Crippen LogP contribution is 2.12. The van der Waals surface area contributed by atoms with E-state index in [2.05, 4.69) is 13.8 Å². The summed E-state index contributed by atoms with van der Waals surface area (Å²) in [6.07, 6.45) is 4.33. The van der Waals surface area contributed by atoms with E-state index in [4.69, 9.17) is 16.6 Å². The summed E-state index contributed by atoms with van der Waals surface area (Å²) < 4.78 is 0. The predicted molar refractivity (Wildman–Crippen MR) is 61.5 cm³/mol. The van der Waals surface area contributed by atoms with Crippen molar-refractivity contribution in [3.63, 3.8) is 0 Å². The Labute approximate surface area is 92.0 Å². The number of carboxylic acids is 1. The molecule has 3 unspecified atom stereocenters. The molecule has 0 aliphatic rings. The van der Waals surface area contributed by atoms with E-state index in [1.165, 1.54) is 0 Å². The SMILES string of the molecule is CCC(C)CC(N)CCCC(N)C(=O)O. The van der Waals surface area contributed by atoms with E-state index in [1.807, 2.05) is 0 Å². The van der Waals surface area contributed by atoms with E-state index in [9.17, 15) is 4.79 Å². The van der Waals surface area contributed by atoms with Gasteiger partial charge in [-0.1, -0.05) is 20.3 Å². The van der Waals surface area contributed by atoms with Gasteiger partial charge in [0.25, 0.3) is 0 Å². The second-order valence-electron chi connectivity index (χ2n) is 4.38. The Morgan fingerprint density at radius 2 is 1.93 bits per heavy atom. The lowest BCUT2D eigenvalue weighted by Gasteiger charge is -2.16. The molecule has 0 rings (SSSR count). The topological polar surface area (TPSA) is 89.3 Å². The molecule has 0 aromatic heterocycles. The molecule has 4 nitrogen and oxygen atoms in total. The van der Waals surface area contributed by atoms with E-state index in [-0.39, 0.29) is 6.04 Å². The van der Waals surface area contributed by atoms with Crippen molar-refractivity contribution in [3.8, 4) is 0 Å². The molecule has 90 valence electrons. The maximum atomic E-state index is 10.4. The van der Waals surface area contributed by atoms with Gasteiger partial charge in [-0.3, -0.25) is 4.79 Å². The lowest BCUT2D eigenvalue weighted by atomic mass is 9.96. The fourth-order valence-electron chi connectivity index (χ4n) is 1.52. The minimum Gasteiger partial charge on any atom is -0.480 e. The van der Waals surface area contributed by atoms with E-state index < -0.39 is 12.0 Å². The first-order chi connectivity index (χ1) is 6.97. The van der Waals surface area contributed by atoms with E-state index >= 15 is 0 Å². The molecule has 0 spiro atoms. The van der Waals surface area contributed by atoms with Crippen molar-refractivity contribution in [2.75, 3.05) is 0 Å². The van der Waals surface area contributed by atoms with Crippen LogP contribution in [-0.2, 0) is 4.79 Å². The average molecular weight is 216 g/mol. The Morgan fingerprint density at radius 1 is 1.33 bits per heavy atom. The number of carbonyl (C=O) groups is 1. The fourth-order valence-corrected chi connectivity index (χ4v) is 1.52. The monoisotopic (exact) mass is 216 g/mol. The summed E-state index contributed by atoms with van der Waals surface area (Å²) in [6.45, 7) is 4.33. The first kappa shape index (κ1) is 14.4. The Kier molecular flexibility index (Phi) is 7.34. The molecule has 0 heterocycles. The molecule has 0 bridgehead atoms. The predicted octanol–water partition coefficient (Wildman–Crippen LogP) is 1.33. The molecule has 0 saturated heterocycles. The van der Waals surface area contributed by atoms with Gasteiger partial charge in [-0.05, 0) is 31.6 Å². The van der Waals surface area contributed by atoms with Gasteiger partial charge in [0.2, 0.25) is 0 Å². The molecule has 0 fully saturated rings. The average Bonchev–Trinajstić information content (AvgIpc) is 2.17. The van der Waals surface area contributed by atoms with Crippen molar-refractivity contribution in [2.45, 2.75) is 58.0 Å². The molecule has 0 radical (unpaired) electrons. The first-order valence-electron chi connectivity index (χ1n) is 5.71. The van der Waals surface area contributed by atoms with Crippen LogP contribution >= 0.6 is 0 Å². The van der Waals surface area contributed by atoms with Crippen molar-refractivity contribution in [3.05, 3.63) is 0 Å². The van der Waals surface area contributed by atoms with Crippen LogP contribution in [0.5, 0.6) is 0 Å². The quantitative estimate of drug-likeness (QED) is 0.571. The largest absolute Gasteiger partial charge is 0.480 e. The molecule has 0 amide bonds. The third-order valence-electron chi connectivity index (χ3n) is 2.81. The van der Waals surface area contributed by atoms with Crippen molar-refractivity contribution in [1.29, 1.82) is 0 Å². The fraction of sp³-hybridized carbons (Fsp3) is 0.909. The maximum absolute atomic E-state index is 10.4. The lowest BCUT2D eigenvalue weighted by Crippen LogP contribution is -2.30. The van der Waals surface area contributed by atoms with Crippen LogP contribution in [0.25, 0.3) is 0 Å². The second-order valence-corrected chi connectivity index (χ2v) is 4.38. The summed E-state index contributed by atoms with van der Waals surface area (Å²) >= 11 is 0. The summed E-state index contributed by atoms with van der Waals surface area (Å²) in [5, 5.41) is 8.57. The number of nitrogens with two attached hydrogens (primary N) is 2. The summed E-state index contributed by atoms with van der Waals surface area (Å²) in [5.74, 6) is -0.279. The molecule has 0 aliphatic heterocycles. The van der Waals surface area contributed by atoms with Gasteiger partial charge in [-0.2, -0.15) is 0 Å². The van der Waals surface area contributed by atoms with Gasteiger partial charge < -0.3 is 16.6 Å². The zero-order valence-electron chi connectivity index (χ0n) is 9.78. The van der Waals surface area contributed by atoms with Crippen LogP contribution in [0.4, 0.5) is 0 Å². The number of aliphatic carboxylic acids is 1. The van der Waals surface area contributed by atoms with Gasteiger partial charge in [0.05, 0.1) is 0 Å². The number of rotatable bonds is 8. The van der Waals surface area contributed by atoms with Crippen molar-refractivity contribution in [2.24, 2.45) is 17.4 Å². The first-order valence-corrected chi connectivity index (χ1v) is 5.71. The van der Waals surface area contributed by atoms with Gasteiger partial charge in [0.1, 0.15) is 6.04 Å². The van der Waals surface area contributed by atoms with E-state index in [0.717, 1.165) is 25.7 Å². The summed E-state index contributed by atoms with van der Waals surface area (Å²) in [4.78, 5) is 10.4. The van der Waals surface area contributed by atoms with Gasteiger partial charge >= 0.3 is 5.97 Å². The normalized spacial score (nSPS) is 17.1. The second kappa shape index (κ2) is 7.65. The minimum absolute atomic E-state index is 0.181. The van der Waals surface area contributed by atoms with Crippen LogP contribution in [0.3, 0.4) is 0 Å². The Bertz CT molecular complexity index is 185. The molecule has 0 aliphatic carbocycles. The molecule has 0 aromatic rings. The summed E-state index contributed by atoms with van der Waals surface area (Å²) in [6, 6.07) is -0.554. The Morgan fingerprint density at radius 3 is 2.40 bits per heavy atom. The van der Waals surface area contributed by atoms with Crippen molar-refractivity contribution < 1.29 is 9.90 Å². The van der Waals surface area contributed by atoms with Crippen LogP contribution in [-0.4, -0.2) is 23.2 Å². The van der Waals surface area contributed by atoms with Crippen molar-refractivity contribution in [1.82, 2.24) is 0 Å². The molecule has 15 heavy (non-hydrogen) atoms. The number of hydrogen-bond donors (Lipinski definition) is 3. The Balaban J connectivity index is 3.54. The van der Waals surface area contributed by atoms with Gasteiger partial charge in [-0.25, -0.2) is 0 Å². The third-order valence-corrected chi connectivity index (χ3v) is 2.81. The molecule has 0 aromatic carbocycles. The van der Waals surface area contributed by atoms with Crippen LogP contribution in [0.1, 0.15) is 46.0 Å². The standard InChI is InChI=1S/C11H24N2O2/c1-3-8(2)7-9(12)5-4-6-10(13)11(14)15/h8-10H,3-7,12-13H2,1-2H3,(H,14,15). The Hall–Kier alpha value is -0.610. The highest BCUT2D eigenvalue weighted by atomic mass is 16.4. The van der Waals surface area contributed by atoms with Crippen LogP contribution < -0.4 is 11.5 Å². The van der Waals surface area contributed by atoms with E-state index in [1.54, 1.807) is 0 Å². The zero-order chi connectivity index (χ0) is 11.8. The highest BCUT2D eigenvalue weighted by molar-refractivity contribution is 5.72. The number of hydrogen-bond acceptors (Lipinski definition) is 3. The molecular formula is C11H24N2O2.